The molecule has 0 saturated carbocycles. The van der Waals surface area contributed by atoms with Gasteiger partial charge in [-0.2, -0.15) is 0 Å². The number of ether oxygens (including phenoxy) is 3. The van der Waals surface area contributed by atoms with Crippen LogP contribution in [0.1, 0.15) is 65.6 Å². The molecule has 0 fully saturated rings. The minimum atomic E-state index is -3.30. The normalized spacial score (nSPS) is 13.7. The van der Waals surface area contributed by atoms with Gasteiger partial charge in [0.25, 0.3) is 11.5 Å². The van der Waals surface area contributed by atoms with Gasteiger partial charge in [0.1, 0.15) is 11.6 Å². The number of carbonyl (C=O) groups is 3. The van der Waals surface area contributed by atoms with E-state index in [9.17, 15) is 23.6 Å². The van der Waals surface area contributed by atoms with Gasteiger partial charge < -0.3 is 29.3 Å². The Morgan fingerprint density at radius 3 is 2.51 bits per heavy atom. The van der Waals surface area contributed by atoms with Gasteiger partial charge in [-0.05, 0) is 31.5 Å². The monoisotopic (exact) mass is 579 g/mol. The Hall–Kier alpha value is -4.50. The average molecular weight is 580 g/mol. The highest BCUT2D eigenvalue weighted by Crippen LogP contribution is 2.22. The van der Waals surface area contributed by atoms with E-state index in [-0.39, 0.29) is 35.8 Å². The molecule has 0 radical (unpaired) electrons. The van der Waals surface area contributed by atoms with Crippen molar-refractivity contribution in [2.45, 2.75) is 39.2 Å². The van der Waals surface area contributed by atoms with E-state index < -0.39 is 77.8 Å². The van der Waals surface area contributed by atoms with E-state index in [4.69, 9.17) is 25.5 Å². The van der Waals surface area contributed by atoms with Crippen molar-refractivity contribution >= 4 is 17.8 Å². The lowest BCUT2D eigenvalue weighted by molar-refractivity contribution is -0.135. The summed E-state index contributed by atoms with van der Waals surface area (Å²) in [5.41, 5.74) is -4.58. The number of amides is 2. The summed E-state index contributed by atoms with van der Waals surface area (Å²) < 4.78 is 74.6. The second-order valence-corrected chi connectivity index (χ2v) is 8.87. The molecular formula is C26H31FN6O8. The molecule has 0 saturated heterocycles. The summed E-state index contributed by atoms with van der Waals surface area (Å²) in [7, 11) is 1.44. The van der Waals surface area contributed by atoms with E-state index in [1.807, 2.05) is 5.32 Å². The molecule has 0 aliphatic heterocycles. The fraction of sp³-hybridized carbons (Fsp3) is 0.423. The molecule has 2 aromatic heterocycles. The second-order valence-electron chi connectivity index (χ2n) is 8.87. The number of halogens is 1. The molecule has 2 N–H and O–H groups in total. The van der Waals surface area contributed by atoms with Crippen molar-refractivity contribution in [3.63, 3.8) is 0 Å². The highest BCUT2D eigenvalue weighted by atomic mass is 19.1. The standard InChI is InChI=1S/C26H31FN6O8/c1-15-31-32-23(40-15)22(36)30-26(2,3)25-29-19(21(35)28-14-16-6-8-17(27)9-7-16)20(24(37)33(25)4)41-18(34)10-11-39-13-12-38-5/h6-9H,10-14H2,1-5H3,(H,28,35)(H,30,36)/i4D3,14D2. The van der Waals surface area contributed by atoms with Crippen molar-refractivity contribution in [1.82, 2.24) is 30.4 Å². The summed E-state index contributed by atoms with van der Waals surface area (Å²) in [5, 5.41) is 11.5. The van der Waals surface area contributed by atoms with Gasteiger partial charge in [-0.15, -0.1) is 10.2 Å². The Morgan fingerprint density at radius 1 is 1.15 bits per heavy atom. The van der Waals surface area contributed by atoms with Crippen LogP contribution in [0.4, 0.5) is 4.39 Å². The Kier molecular flexibility index (Phi) is 8.13. The van der Waals surface area contributed by atoms with Crippen LogP contribution in [0.3, 0.4) is 0 Å². The minimum Gasteiger partial charge on any atom is -0.418 e. The van der Waals surface area contributed by atoms with Crippen LogP contribution < -0.4 is 20.9 Å². The molecule has 3 rings (SSSR count). The molecule has 1 aromatic carbocycles. The van der Waals surface area contributed by atoms with Crippen molar-refractivity contribution in [3.05, 3.63) is 69.3 Å². The zero-order valence-electron chi connectivity index (χ0n) is 27.6. The van der Waals surface area contributed by atoms with E-state index in [2.05, 4.69) is 20.5 Å². The summed E-state index contributed by atoms with van der Waals surface area (Å²) in [6.45, 7) is -1.91. The van der Waals surface area contributed by atoms with Crippen LogP contribution in [0.25, 0.3) is 0 Å². The van der Waals surface area contributed by atoms with Crippen LogP contribution in [-0.4, -0.2) is 64.5 Å². The maximum atomic E-state index is 13.8. The van der Waals surface area contributed by atoms with Gasteiger partial charge in [0, 0.05) is 31.6 Å². The Balaban J connectivity index is 2.14. The number of benzene rings is 1. The molecule has 0 bridgehead atoms. The zero-order chi connectivity index (χ0) is 34.4. The second kappa shape index (κ2) is 13.7. The Labute approximate surface area is 241 Å². The molecule has 14 nitrogen and oxygen atoms in total. The van der Waals surface area contributed by atoms with E-state index in [1.54, 1.807) is 0 Å². The molecule has 0 unspecified atom stereocenters. The van der Waals surface area contributed by atoms with Crippen LogP contribution >= 0.6 is 0 Å². The van der Waals surface area contributed by atoms with E-state index in [0.717, 1.165) is 24.3 Å². The van der Waals surface area contributed by atoms with Gasteiger partial charge in [0.2, 0.25) is 11.6 Å². The number of methoxy groups -OCH3 is 1. The van der Waals surface area contributed by atoms with Crippen LogP contribution in [-0.2, 0) is 33.3 Å². The number of carbonyl (C=O) groups excluding carboxylic acids is 3. The van der Waals surface area contributed by atoms with Crippen LogP contribution in [0.2, 0.25) is 0 Å². The summed E-state index contributed by atoms with van der Waals surface area (Å²) in [5.74, 6) is -6.50. The van der Waals surface area contributed by atoms with Gasteiger partial charge in [0.05, 0.1) is 34.5 Å². The predicted octanol–water partition coefficient (Wildman–Crippen LogP) is 1.16. The lowest BCUT2D eigenvalue weighted by Crippen LogP contribution is -2.46. The van der Waals surface area contributed by atoms with Crippen molar-refractivity contribution in [1.29, 1.82) is 0 Å². The number of hydrogen-bond acceptors (Lipinski definition) is 11. The smallest absolute Gasteiger partial charge is 0.313 e. The average Bonchev–Trinajstić information content (AvgIpc) is 3.39. The van der Waals surface area contributed by atoms with Gasteiger partial charge >= 0.3 is 17.8 Å². The summed E-state index contributed by atoms with van der Waals surface area (Å²) in [4.78, 5) is 56.9. The molecule has 41 heavy (non-hydrogen) atoms. The molecule has 220 valence electrons. The molecule has 2 heterocycles. The van der Waals surface area contributed by atoms with Crippen molar-refractivity contribution < 1.29 is 44.3 Å². The highest BCUT2D eigenvalue weighted by molar-refractivity contribution is 5.95. The summed E-state index contributed by atoms with van der Waals surface area (Å²) in [6, 6.07) is 4.02. The first-order valence-corrected chi connectivity index (χ1v) is 12.0. The third kappa shape index (κ3) is 8.25. The van der Waals surface area contributed by atoms with E-state index in [0.29, 0.717) is 0 Å². The first-order valence-electron chi connectivity index (χ1n) is 14.5. The molecular weight excluding hydrogens is 543 g/mol. The topological polar surface area (TPSA) is 177 Å². The number of rotatable bonds is 13. The quantitative estimate of drug-likeness (QED) is 0.219. The number of esters is 1. The fourth-order valence-electron chi connectivity index (χ4n) is 3.24. The third-order valence-electron chi connectivity index (χ3n) is 5.23. The largest absolute Gasteiger partial charge is 0.418 e. The molecule has 0 aliphatic rings. The molecule has 0 aliphatic carbocycles. The Bertz CT molecular complexity index is 1640. The van der Waals surface area contributed by atoms with Gasteiger partial charge in [0.15, 0.2) is 5.69 Å². The predicted molar refractivity (Wildman–Crippen MR) is 140 cm³/mol. The Morgan fingerprint density at radius 2 is 1.88 bits per heavy atom. The number of hydrogen-bond donors (Lipinski definition) is 2. The van der Waals surface area contributed by atoms with E-state index in [1.165, 1.54) is 27.9 Å². The van der Waals surface area contributed by atoms with Crippen LogP contribution in [0.5, 0.6) is 5.75 Å². The number of nitrogens with zero attached hydrogens (tertiary/aromatic N) is 4. The number of nitrogens with one attached hydrogen (secondary N) is 2. The molecule has 0 spiro atoms. The summed E-state index contributed by atoms with van der Waals surface area (Å²) in [6.07, 6.45) is -0.443. The van der Waals surface area contributed by atoms with E-state index >= 15 is 0 Å². The third-order valence-corrected chi connectivity index (χ3v) is 5.23. The first kappa shape index (κ1) is 24.3. The number of aromatic nitrogens is 4. The number of aryl methyl sites for hydroxylation is 1. The molecule has 15 heteroatoms. The zero-order valence-corrected chi connectivity index (χ0v) is 22.6. The van der Waals surface area contributed by atoms with Crippen molar-refractivity contribution in [2.24, 2.45) is 6.98 Å². The maximum absolute atomic E-state index is 13.8. The SMILES string of the molecule is [2H]C([2H])(NC(=O)c1nc(C(C)(C)NC(=O)c2nnc(C)o2)n(C([2H])([2H])[2H])c(=O)c1OC(=O)CCOCCOC)c1ccc(F)cc1. The lowest BCUT2D eigenvalue weighted by atomic mass is 10.0. The van der Waals surface area contributed by atoms with Crippen molar-refractivity contribution in [2.75, 3.05) is 26.9 Å². The minimum absolute atomic E-state index is 0.0464. The molecule has 0 atom stereocenters. The molecule has 3 aromatic rings. The van der Waals surface area contributed by atoms with Crippen LogP contribution in [0, 0.1) is 12.7 Å². The fourth-order valence-corrected chi connectivity index (χ4v) is 3.24. The van der Waals surface area contributed by atoms with Crippen molar-refractivity contribution in [3.8, 4) is 5.75 Å². The lowest BCUT2D eigenvalue weighted by Gasteiger charge is -2.27. The maximum Gasteiger partial charge on any atom is 0.313 e. The van der Waals surface area contributed by atoms with Crippen LogP contribution in [0.15, 0.2) is 33.5 Å². The highest BCUT2D eigenvalue weighted by Gasteiger charge is 2.33. The molecule has 2 amide bonds. The van der Waals surface area contributed by atoms with Gasteiger partial charge in [-0.1, -0.05) is 12.1 Å². The van der Waals surface area contributed by atoms with Gasteiger partial charge in [-0.3, -0.25) is 23.7 Å². The first-order chi connectivity index (χ1) is 21.4. The van der Waals surface area contributed by atoms with Gasteiger partial charge in [-0.25, -0.2) is 9.37 Å². The summed E-state index contributed by atoms with van der Waals surface area (Å²) >= 11 is 0.